The third kappa shape index (κ3) is 6.26. The molecule has 0 unspecified atom stereocenters. The van der Waals surface area contributed by atoms with Crippen LogP contribution < -0.4 is 0 Å². The molecule has 6 aromatic rings. The molecule has 0 bridgehead atoms. The summed E-state index contributed by atoms with van der Waals surface area (Å²) in [5.41, 5.74) is 6.93. The number of nitrogens with zero attached hydrogens (tertiary/aromatic N) is 6. The van der Waals surface area contributed by atoms with E-state index in [1.165, 1.54) is 9.59 Å². The van der Waals surface area contributed by atoms with Crippen molar-refractivity contribution in [3.05, 3.63) is 107 Å². The molecule has 0 aliphatic rings. The minimum Gasteiger partial charge on any atom is -0.505 e. The van der Waals surface area contributed by atoms with Crippen LogP contribution in [0.1, 0.15) is 43.0 Å². The average molecular weight is 603 g/mol. The number of hydrogen-bond donors (Lipinski definition) is 2. The number of phenols is 2. The molecule has 0 aliphatic carbocycles. The molecule has 2 heterocycles. The first kappa shape index (κ1) is 29.6. The molecule has 0 amide bonds. The van der Waals surface area contributed by atoms with Gasteiger partial charge in [0.1, 0.15) is 44.9 Å². The van der Waals surface area contributed by atoms with Crippen LogP contribution in [-0.2, 0) is 28.8 Å². The van der Waals surface area contributed by atoms with Crippen LogP contribution in [0.25, 0.3) is 33.4 Å². The predicted molar refractivity (Wildman–Crippen MR) is 172 cm³/mol. The Morgan fingerprint density at radius 1 is 0.778 bits per heavy atom. The fourth-order valence-corrected chi connectivity index (χ4v) is 5.32. The molecule has 4 aromatic carbocycles. The molecule has 0 fully saturated rings. The molecule has 10 heteroatoms. The number of esters is 1. The van der Waals surface area contributed by atoms with Gasteiger partial charge in [-0.2, -0.15) is 0 Å². The third-order valence-corrected chi connectivity index (χ3v) is 7.46. The largest absolute Gasteiger partial charge is 0.505 e. The van der Waals surface area contributed by atoms with Crippen LogP contribution >= 0.6 is 0 Å². The number of carbonyl (C=O) groups excluding carboxylic acids is 1. The van der Waals surface area contributed by atoms with Crippen molar-refractivity contribution in [1.82, 2.24) is 30.0 Å². The van der Waals surface area contributed by atoms with E-state index in [0.29, 0.717) is 62.5 Å². The van der Waals surface area contributed by atoms with E-state index in [4.69, 9.17) is 4.74 Å². The van der Waals surface area contributed by atoms with Crippen molar-refractivity contribution >= 4 is 28.0 Å². The van der Waals surface area contributed by atoms with Gasteiger partial charge in [0.05, 0.1) is 6.61 Å². The Labute approximate surface area is 260 Å². The standard InChI is InChI=1S/C35H34N6O4/c1-21(2)15-24-17-26(34(43)32(19-24)41-38-29-11-7-8-12-30(29)39-41)20-25-16-23(13-14-45-35(44)22(3)4)18-31(33(25)42)40-36-27-9-5-6-10-28(27)37-40/h5-12,16-19,21,42-43H,3,13-15,20H2,1-2,4H3. The average Bonchev–Trinajstić information content (AvgIpc) is 3.64. The smallest absolute Gasteiger partial charge is 0.333 e. The number of benzene rings is 4. The van der Waals surface area contributed by atoms with Gasteiger partial charge in [-0.3, -0.25) is 0 Å². The number of fused-ring (bicyclic) bond motifs is 2. The summed E-state index contributed by atoms with van der Waals surface area (Å²) in [6, 6.07) is 22.5. The van der Waals surface area contributed by atoms with Crippen LogP contribution in [0.2, 0.25) is 0 Å². The molecule has 0 radical (unpaired) electrons. The first-order valence-corrected chi connectivity index (χ1v) is 14.8. The molecular weight excluding hydrogens is 568 g/mol. The number of rotatable bonds is 10. The molecule has 0 aliphatic heterocycles. The monoisotopic (exact) mass is 602 g/mol. The second-order valence-corrected chi connectivity index (χ2v) is 11.6. The lowest BCUT2D eigenvalue weighted by molar-refractivity contribution is -0.138. The minimum atomic E-state index is -0.464. The van der Waals surface area contributed by atoms with Crippen LogP contribution in [0.4, 0.5) is 0 Å². The van der Waals surface area contributed by atoms with E-state index in [1.54, 1.807) is 13.0 Å². The van der Waals surface area contributed by atoms with Crippen molar-refractivity contribution in [2.75, 3.05) is 6.61 Å². The third-order valence-electron chi connectivity index (χ3n) is 7.46. The summed E-state index contributed by atoms with van der Waals surface area (Å²) in [4.78, 5) is 14.9. The Morgan fingerprint density at radius 2 is 1.22 bits per heavy atom. The van der Waals surface area contributed by atoms with Crippen molar-refractivity contribution < 1.29 is 19.7 Å². The van der Waals surface area contributed by atoms with Crippen LogP contribution in [0.15, 0.2) is 84.9 Å². The predicted octanol–water partition coefficient (Wildman–Crippen LogP) is 6.02. The zero-order valence-electron chi connectivity index (χ0n) is 25.4. The van der Waals surface area contributed by atoms with E-state index in [2.05, 4.69) is 40.8 Å². The lowest BCUT2D eigenvalue weighted by atomic mass is 9.94. The summed E-state index contributed by atoms with van der Waals surface area (Å²) in [7, 11) is 0. The maximum absolute atomic E-state index is 12.0. The van der Waals surface area contributed by atoms with E-state index < -0.39 is 5.97 Å². The Balaban J connectivity index is 1.44. The summed E-state index contributed by atoms with van der Waals surface area (Å²) >= 11 is 0. The van der Waals surface area contributed by atoms with Gasteiger partial charge >= 0.3 is 5.97 Å². The van der Waals surface area contributed by atoms with Gasteiger partial charge in [-0.1, -0.05) is 56.8 Å². The molecule has 10 nitrogen and oxygen atoms in total. The lowest BCUT2D eigenvalue weighted by Gasteiger charge is -2.16. The summed E-state index contributed by atoms with van der Waals surface area (Å²) in [5, 5.41) is 41.6. The second kappa shape index (κ2) is 12.2. The highest BCUT2D eigenvalue weighted by molar-refractivity contribution is 5.86. The Hall–Kier alpha value is -5.51. The van der Waals surface area contributed by atoms with Gasteiger partial charge in [-0.05, 0) is 66.8 Å². The molecule has 0 spiro atoms. The van der Waals surface area contributed by atoms with Gasteiger partial charge in [0.25, 0.3) is 0 Å². The van der Waals surface area contributed by atoms with Crippen molar-refractivity contribution in [3.63, 3.8) is 0 Å². The molecule has 45 heavy (non-hydrogen) atoms. The van der Waals surface area contributed by atoms with Crippen molar-refractivity contribution in [2.45, 2.75) is 40.0 Å². The summed E-state index contributed by atoms with van der Waals surface area (Å²) in [5.74, 6) is -0.0950. The van der Waals surface area contributed by atoms with Crippen molar-refractivity contribution in [1.29, 1.82) is 0 Å². The fourth-order valence-electron chi connectivity index (χ4n) is 5.32. The fraction of sp³-hybridized carbons (Fsp3) is 0.229. The number of aromatic nitrogens is 6. The number of phenolic OH excluding ortho intramolecular Hbond substituents is 2. The zero-order valence-corrected chi connectivity index (χ0v) is 25.4. The summed E-state index contributed by atoms with van der Waals surface area (Å²) in [6.07, 6.45) is 1.36. The van der Waals surface area contributed by atoms with Crippen LogP contribution in [0, 0.1) is 5.92 Å². The Kier molecular flexibility index (Phi) is 8.04. The van der Waals surface area contributed by atoms with Crippen LogP contribution in [-0.4, -0.2) is 52.8 Å². The quantitative estimate of drug-likeness (QED) is 0.144. The van der Waals surface area contributed by atoms with E-state index in [-0.39, 0.29) is 24.5 Å². The number of ether oxygens (including phenoxy) is 1. The summed E-state index contributed by atoms with van der Waals surface area (Å²) in [6.45, 7) is 9.64. The molecule has 0 atom stereocenters. The van der Waals surface area contributed by atoms with Crippen molar-refractivity contribution in [3.8, 4) is 22.9 Å². The van der Waals surface area contributed by atoms with Gasteiger partial charge in [0, 0.05) is 29.5 Å². The second-order valence-electron chi connectivity index (χ2n) is 11.6. The van der Waals surface area contributed by atoms with Gasteiger partial charge in [0.2, 0.25) is 0 Å². The normalized spacial score (nSPS) is 11.5. The SMILES string of the molecule is C=C(C)C(=O)OCCc1cc(Cc2cc(CC(C)C)cc(-n3nc4ccccc4n3)c2O)c(O)c(-n2nc3ccccc3n2)c1. The first-order valence-electron chi connectivity index (χ1n) is 14.8. The van der Waals surface area contributed by atoms with Gasteiger partial charge in [-0.25, -0.2) is 4.79 Å². The summed E-state index contributed by atoms with van der Waals surface area (Å²) < 4.78 is 5.36. The van der Waals surface area contributed by atoms with Crippen molar-refractivity contribution in [2.24, 2.45) is 5.92 Å². The molecule has 0 saturated carbocycles. The molecule has 6 rings (SSSR count). The topological polar surface area (TPSA) is 128 Å². The van der Waals surface area contributed by atoms with Gasteiger partial charge in [0.15, 0.2) is 0 Å². The van der Waals surface area contributed by atoms with E-state index >= 15 is 0 Å². The van der Waals surface area contributed by atoms with Crippen LogP contribution in [0.5, 0.6) is 11.5 Å². The maximum Gasteiger partial charge on any atom is 0.333 e. The Morgan fingerprint density at radius 3 is 1.67 bits per heavy atom. The Bertz CT molecular complexity index is 1990. The van der Waals surface area contributed by atoms with Gasteiger partial charge in [-0.15, -0.1) is 30.0 Å². The molecule has 228 valence electrons. The van der Waals surface area contributed by atoms with E-state index in [1.807, 2.05) is 66.7 Å². The molecule has 0 saturated heterocycles. The van der Waals surface area contributed by atoms with E-state index in [0.717, 1.165) is 17.5 Å². The minimum absolute atomic E-state index is 0.0175. The highest BCUT2D eigenvalue weighted by Gasteiger charge is 2.20. The highest BCUT2D eigenvalue weighted by atomic mass is 16.5. The first-order chi connectivity index (χ1) is 21.7. The number of carbonyl (C=O) groups is 1. The van der Waals surface area contributed by atoms with Gasteiger partial charge < -0.3 is 14.9 Å². The molecular formula is C35H34N6O4. The molecule has 2 aromatic heterocycles. The zero-order chi connectivity index (χ0) is 31.7. The van der Waals surface area contributed by atoms with E-state index in [9.17, 15) is 15.0 Å². The number of aromatic hydroxyl groups is 2. The highest BCUT2D eigenvalue weighted by Crippen LogP contribution is 2.35. The maximum atomic E-state index is 12.0. The number of hydrogen-bond acceptors (Lipinski definition) is 8. The van der Waals surface area contributed by atoms with Crippen LogP contribution in [0.3, 0.4) is 0 Å². The lowest BCUT2D eigenvalue weighted by Crippen LogP contribution is -2.09. The molecule has 2 N–H and O–H groups in total.